The van der Waals surface area contributed by atoms with E-state index in [9.17, 15) is 18.8 Å². The van der Waals surface area contributed by atoms with Crippen LogP contribution in [0, 0.1) is 11.7 Å². The summed E-state index contributed by atoms with van der Waals surface area (Å²) >= 11 is 1.57. The molecule has 0 radical (unpaired) electrons. The van der Waals surface area contributed by atoms with Gasteiger partial charge >= 0.3 is 0 Å². The third kappa shape index (κ3) is 9.58. The van der Waals surface area contributed by atoms with Gasteiger partial charge in [0.15, 0.2) is 0 Å². The molecule has 1 aromatic heterocycles. The van der Waals surface area contributed by atoms with Crippen molar-refractivity contribution in [3.8, 4) is 0 Å². The zero-order chi connectivity index (χ0) is 30.8. The lowest BCUT2D eigenvalue weighted by Gasteiger charge is -2.42. The molecular formula is C33H48FN5O3S. The number of halogens is 1. The van der Waals surface area contributed by atoms with Crippen LogP contribution in [0.5, 0.6) is 0 Å². The van der Waals surface area contributed by atoms with E-state index in [1.54, 1.807) is 11.3 Å². The largest absolute Gasteiger partial charge is 0.351 e. The van der Waals surface area contributed by atoms with Gasteiger partial charge in [-0.2, -0.15) is 0 Å². The first-order valence-corrected chi connectivity index (χ1v) is 16.6. The third-order valence-electron chi connectivity index (χ3n) is 8.96. The van der Waals surface area contributed by atoms with Crippen molar-refractivity contribution in [2.75, 3.05) is 40.8 Å². The number of carbonyl (C=O) groups is 3. The Balaban J connectivity index is 1.49. The fourth-order valence-electron chi connectivity index (χ4n) is 6.38. The first kappa shape index (κ1) is 33.1. The van der Waals surface area contributed by atoms with Gasteiger partial charge < -0.3 is 20.4 Å². The highest BCUT2D eigenvalue weighted by atomic mass is 32.1. The number of likely N-dealkylation sites (N-methyl/N-ethyl adjacent to an activating group) is 1. The number of amides is 3. The van der Waals surface area contributed by atoms with Crippen LogP contribution in [0.2, 0.25) is 0 Å². The van der Waals surface area contributed by atoms with Crippen molar-refractivity contribution in [1.82, 2.24) is 25.3 Å². The topological polar surface area (TPSA) is 85.0 Å². The minimum Gasteiger partial charge on any atom is -0.351 e. The van der Waals surface area contributed by atoms with Crippen LogP contribution in [-0.4, -0.2) is 91.3 Å². The molecule has 4 rings (SSSR count). The number of nitrogens with one attached hydrogen (secondary N) is 2. The summed E-state index contributed by atoms with van der Waals surface area (Å²) in [7, 11) is 6.24. The minimum atomic E-state index is -0.601. The zero-order valence-corrected chi connectivity index (χ0v) is 26.7. The van der Waals surface area contributed by atoms with E-state index in [-0.39, 0.29) is 30.3 Å². The van der Waals surface area contributed by atoms with E-state index in [0.717, 1.165) is 43.5 Å². The number of nitrogens with zero attached hydrogens (tertiary/aromatic N) is 3. The van der Waals surface area contributed by atoms with Crippen molar-refractivity contribution in [2.45, 2.75) is 82.5 Å². The second-order valence-corrected chi connectivity index (χ2v) is 13.4. The Bertz CT molecular complexity index is 1170. The predicted octanol–water partition coefficient (Wildman–Crippen LogP) is 4.52. The molecule has 10 heteroatoms. The van der Waals surface area contributed by atoms with Crippen molar-refractivity contribution in [3.05, 3.63) is 58.0 Å². The van der Waals surface area contributed by atoms with E-state index in [1.165, 1.54) is 43.5 Å². The Morgan fingerprint density at radius 3 is 2.44 bits per heavy atom. The van der Waals surface area contributed by atoms with Gasteiger partial charge in [0.2, 0.25) is 11.8 Å². The summed E-state index contributed by atoms with van der Waals surface area (Å²) < 4.78 is 13.4. The number of rotatable bonds is 13. The fraction of sp³-hybridized carbons (Fsp3) is 0.606. The molecule has 0 spiro atoms. The lowest BCUT2D eigenvalue weighted by molar-refractivity contribution is -0.142. The molecule has 236 valence electrons. The van der Waals surface area contributed by atoms with Crippen LogP contribution in [0.1, 0.15) is 73.0 Å². The zero-order valence-electron chi connectivity index (χ0n) is 25.9. The average Bonchev–Trinajstić information content (AvgIpc) is 3.54. The van der Waals surface area contributed by atoms with Crippen LogP contribution in [0.4, 0.5) is 4.39 Å². The van der Waals surface area contributed by atoms with E-state index in [0.29, 0.717) is 31.1 Å². The van der Waals surface area contributed by atoms with Crippen LogP contribution in [0.3, 0.4) is 0 Å². The molecule has 2 heterocycles. The lowest BCUT2D eigenvalue weighted by atomic mass is 9.89. The smallest absolute Gasteiger partial charge is 0.251 e. The van der Waals surface area contributed by atoms with Crippen molar-refractivity contribution < 1.29 is 18.8 Å². The molecule has 0 bridgehead atoms. The molecule has 1 unspecified atom stereocenters. The minimum absolute atomic E-state index is 0.0808. The van der Waals surface area contributed by atoms with E-state index < -0.39 is 17.8 Å². The predicted molar refractivity (Wildman–Crippen MR) is 169 cm³/mol. The van der Waals surface area contributed by atoms with E-state index >= 15 is 0 Å². The fourth-order valence-corrected chi connectivity index (χ4v) is 7.03. The molecule has 3 atom stereocenters. The quantitative estimate of drug-likeness (QED) is 0.325. The van der Waals surface area contributed by atoms with Gasteiger partial charge in [-0.15, -0.1) is 11.3 Å². The number of piperidine rings is 1. The molecule has 2 N–H and O–H groups in total. The maximum atomic E-state index is 14.2. The molecule has 2 fully saturated rings. The van der Waals surface area contributed by atoms with Gasteiger partial charge in [0, 0.05) is 35.6 Å². The summed E-state index contributed by atoms with van der Waals surface area (Å²) in [5, 5.41) is 8.03. The van der Waals surface area contributed by atoms with Gasteiger partial charge in [-0.3, -0.25) is 19.3 Å². The maximum absolute atomic E-state index is 14.2. The molecule has 43 heavy (non-hydrogen) atoms. The molecule has 2 aliphatic rings. The van der Waals surface area contributed by atoms with Crippen LogP contribution >= 0.6 is 11.3 Å². The molecule has 8 nitrogen and oxygen atoms in total. The highest BCUT2D eigenvalue weighted by molar-refractivity contribution is 7.09. The summed E-state index contributed by atoms with van der Waals surface area (Å²) in [6.45, 7) is 2.10. The summed E-state index contributed by atoms with van der Waals surface area (Å²) in [5.74, 6) is -1.47. The second kappa shape index (κ2) is 16.3. The maximum Gasteiger partial charge on any atom is 0.251 e. The number of benzene rings is 1. The molecule has 3 amide bonds. The van der Waals surface area contributed by atoms with Crippen molar-refractivity contribution in [2.24, 2.45) is 5.92 Å². The standard InChI is InChI=1S/C33H48FN5O3S/c1-37(2)19-8-7-13-30(38(3)26-10-5-4-6-11-26)33(42)39-20-18-29(36-31(40)24-14-16-25(34)17-15-24)28(23-39)32(41)35-22-27-12-9-21-43-27/h9,12,14-17,21,26,28-30H,4-8,10-11,13,18-20,22-23H2,1-3H3,(H,35,41)(H,36,40)/t28-,29+,30?/m0/s1. The number of carbonyl (C=O) groups excluding carboxylic acids is 3. The van der Waals surface area contributed by atoms with E-state index in [2.05, 4.69) is 41.6 Å². The van der Waals surface area contributed by atoms with E-state index in [4.69, 9.17) is 0 Å². The number of thiophene rings is 1. The first-order valence-electron chi connectivity index (χ1n) is 15.7. The molecule has 1 saturated heterocycles. The van der Waals surface area contributed by atoms with Crippen molar-refractivity contribution >= 4 is 29.1 Å². The highest BCUT2D eigenvalue weighted by Gasteiger charge is 2.40. The monoisotopic (exact) mass is 613 g/mol. The number of likely N-dealkylation sites (tertiary alicyclic amines) is 1. The normalized spacial score (nSPS) is 20.3. The molecular weight excluding hydrogens is 565 g/mol. The van der Waals surface area contributed by atoms with Crippen LogP contribution in [0.25, 0.3) is 0 Å². The van der Waals surface area contributed by atoms with E-state index in [1.807, 2.05) is 22.4 Å². The molecule has 1 aliphatic heterocycles. The summed E-state index contributed by atoms with van der Waals surface area (Å²) in [5.41, 5.74) is 0.338. The molecule has 2 aromatic rings. The van der Waals surface area contributed by atoms with Gasteiger partial charge in [-0.25, -0.2) is 4.39 Å². The van der Waals surface area contributed by atoms with Crippen molar-refractivity contribution in [3.63, 3.8) is 0 Å². The second-order valence-electron chi connectivity index (χ2n) is 12.3. The Labute approximate surface area is 260 Å². The van der Waals surface area contributed by atoms with Crippen LogP contribution in [0.15, 0.2) is 41.8 Å². The summed E-state index contributed by atoms with van der Waals surface area (Å²) in [6.07, 6.45) is 9.12. The van der Waals surface area contributed by atoms with Crippen LogP contribution < -0.4 is 10.6 Å². The number of unbranched alkanes of at least 4 members (excludes halogenated alkanes) is 1. The van der Waals surface area contributed by atoms with Gasteiger partial charge in [0.1, 0.15) is 5.82 Å². The number of hydrogen-bond donors (Lipinski definition) is 2. The molecule has 1 aromatic carbocycles. The van der Waals surface area contributed by atoms with Gasteiger partial charge in [0.25, 0.3) is 5.91 Å². The summed E-state index contributed by atoms with van der Waals surface area (Å²) in [6, 6.07) is 9.02. The Kier molecular flexibility index (Phi) is 12.5. The first-order chi connectivity index (χ1) is 20.7. The molecule has 1 aliphatic carbocycles. The van der Waals surface area contributed by atoms with Gasteiger partial charge in [0.05, 0.1) is 18.5 Å². The van der Waals surface area contributed by atoms with Crippen LogP contribution in [-0.2, 0) is 16.1 Å². The van der Waals surface area contributed by atoms with Crippen molar-refractivity contribution in [1.29, 1.82) is 0 Å². The lowest BCUT2D eigenvalue weighted by Crippen LogP contribution is -2.60. The Morgan fingerprint density at radius 1 is 1.02 bits per heavy atom. The SMILES string of the molecule is CN(C)CCCCC(C(=O)N1CC[C@@H](NC(=O)c2ccc(F)cc2)[C@@H](C(=O)NCc2cccs2)C1)N(C)C1CCCCC1. The highest BCUT2D eigenvalue weighted by Crippen LogP contribution is 2.27. The molecule has 1 saturated carbocycles. The number of hydrogen-bond acceptors (Lipinski definition) is 6. The Morgan fingerprint density at radius 2 is 1.77 bits per heavy atom. The third-order valence-corrected chi connectivity index (χ3v) is 9.84. The average molecular weight is 614 g/mol. The van der Waals surface area contributed by atoms with Gasteiger partial charge in [-0.05, 0) is 95.5 Å². The summed E-state index contributed by atoms with van der Waals surface area (Å²) in [4.78, 5) is 48.3. The van der Waals surface area contributed by atoms with Gasteiger partial charge in [-0.1, -0.05) is 31.7 Å². The Hall–Kier alpha value is -2.82.